The largest absolute Gasteiger partial charge is 0.494 e. The fourth-order valence-corrected chi connectivity index (χ4v) is 2.79. The van der Waals surface area contributed by atoms with Gasteiger partial charge < -0.3 is 9.47 Å². The molecular weight excluding hydrogens is 354 g/mol. The molecule has 0 fully saturated rings. The first-order chi connectivity index (χ1) is 13.1. The van der Waals surface area contributed by atoms with Crippen molar-refractivity contribution in [3.05, 3.63) is 60.4 Å². The molecule has 0 aliphatic rings. The molecule has 0 saturated carbocycles. The van der Waals surface area contributed by atoms with Crippen LogP contribution < -0.4 is 4.74 Å². The molecule has 1 heterocycles. The van der Waals surface area contributed by atoms with Crippen molar-refractivity contribution in [2.45, 2.75) is 32.4 Å². The van der Waals surface area contributed by atoms with E-state index in [2.05, 4.69) is 4.98 Å². The number of alkyl halides is 2. The SMILES string of the molecule is CC(OC(=O)CCCOc1ccccc1)c1nc2ccccc2n1C(F)F. The number of benzene rings is 2. The maximum absolute atomic E-state index is 13.5. The number of nitrogens with zero attached hydrogens (tertiary/aromatic N) is 2. The van der Waals surface area contributed by atoms with Crippen LogP contribution >= 0.6 is 0 Å². The lowest BCUT2D eigenvalue weighted by molar-refractivity contribution is -0.149. The predicted octanol–water partition coefficient (Wildman–Crippen LogP) is 4.89. The quantitative estimate of drug-likeness (QED) is 0.416. The highest BCUT2D eigenvalue weighted by molar-refractivity contribution is 5.76. The zero-order valence-electron chi connectivity index (χ0n) is 14.8. The van der Waals surface area contributed by atoms with E-state index in [0.29, 0.717) is 24.1 Å². The van der Waals surface area contributed by atoms with Crippen molar-refractivity contribution in [3.8, 4) is 5.75 Å². The molecule has 0 amide bonds. The van der Waals surface area contributed by atoms with Crippen LogP contribution in [0.25, 0.3) is 11.0 Å². The van der Waals surface area contributed by atoms with Crippen molar-refractivity contribution < 1.29 is 23.0 Å². The van der Waals surface area contributed by atoms with E-state index in [9.17, 15) is 13.6 Å². The number of ether oxygens (including phenoxy) is 2. The van der Waals surface area contributed by atoms with Crippen LogP contribution in [0.5, 0.6) is 5.75 Å². The summed E-state index contributed by atoms with van der Waals surface area (Å²) in [5, 5.41) is 0. The summed E-state index contributed by atoms with van der Waals surface area (Å²) in [4.78, 5) is 16.2. The molecule has 27 heavy (non-hydrogen) atoms. The van der Waals surface area contributed by atoms with E-state index in [1.165, 1.54) is 0 Å². The van der Waals surface area contributed by atoms with Gasteiger partial charge in [-0.2, -0.15) is 8.78 Å². The van der Waals surface area contributed by atoms with Crippen molar-refractivity contribution >= 4 is 17.0 Å². The number of aromatic nitrogens is 2. The predicted molar refractivity (Wildman–Crippen MR) is 96.7 cm³/mol. The van der Waals surface area contributed by atoms with Gasteiger partial charge in [0.2, 0.25) is 0 Å². The number of carbonyl (C=O) groups is 1. The van der Waals surface area contributed by atoms with Crippen LogP contribution in [0.3, 0.4) is 0 Å². The Bertz CT molecular complexity index is 897. The molecule has 0 aliphatic carbocycles. The molecule has 0 N–H and O–H groups in total. The third-order valence-electron chi connectivity index (χ3n) is 4.03. The number of hydrogen-bond acceptors (Lipinski definition) is 4. The Kier molecular flexibility index (Phi) is 6.01. The van der Waals surface area contributed by atoms with E-state index < -0.39 is 18.6 Å². The minimum absolute atomic E-state index is 0.0279. The van der Waals surface area contributed by atoms with Gasteiger partial charge in [-0.3, -0.25) is 9.36 Å². The van der Waals surface area contributed by atoms with Gasteiger partial charge in [0.1, 0.15) is 5.75 Å². The zero-order valence-corrected chi connectivity index (χ0v) is 14.8. The number of fused-ring (bicyclic) bond motifs is 1. The van der Waals surface area contributed by atoms with Crippen molar-refractivity contribution in [2.24, 2.45) is 0 Å². The molecule has 142 valence electrons. The van der Waals surface area contributed by atoms with Gasteiger partial charge in [0, 0.05) is 6.42 Å². The highest BCUT2D eigenvalue weighted by atomic mass is 19.3. The summed E-state index contributed by atoms with van der Waals surface area (Å²) in [6.45, 7) is -0.866. The third-order valence-corrected chi connectivity index (χ3v) is 4.03. The highest BCUT2D eigenvalue weighted by Crippen LogP contribution is 2.28. The molecule has 0 spiro atoms. The van der Waals surface area contributed by atoms with E-state index in [1.54, 1.807) is 31.2 Å². The lowest BCUT2D eigenvalue weighted by atomic mass is 10.3. The number of carbonyl (C=O) groups excluding carboxylic acids is 1. The first kappa shape index (κ1) is 18.8. The molecule has 0 aliphatic heterocycles. The smallest absolute Gasteiger partial charge is 0.320 e. The third kappa shape index (κ3) is 4.61. The van der Waals surface area contributed by atoms with Gasteiger partial charge in [-0.15, -0.1) is 0 Å². The van der Waals surface area contributed by atoms with Gasteiger partial charge in [-0.25, -0.2) is 4.98 Å². The summed E-state index contributed by atoms with van der Waals surface area (Å²) >= 11 is 0. The van der Waals surface area contributed by atoms with Gasteiger partial charge in [-0.1, -0.05) is 30.3 Å². The van der Waals surface area contributed by atoms with E-state index in [4.69, 9.17) is 9.47 Å². The van der Waals surface area contributed by atoms with Gasteiger partial charge >= 0.3 is 12.5 Å². The number of rotatable bonds is 8. The van der Waals surface area contributed by atoms with Crippen LogP contribution in [0.4, 0.5) is 8.78 Å². The molecule has 0 saturated heterocycles. The highest BCUT2D eigenvalue weighted by Gasteiger charge is 2.24. The first-order valence-electron chi connectivity index (χ1n) is 8.68. The minimum Gasteiger partial charge on any atom is -0.494 e. The molecule has 3 aromatic rings. The van der Waals surface area contributed by atoms with Crippen LogP contribution in [0.2, 0.25) is 0 Å². The topological polar surface area (TPSA) is 53.4 Å². The molecule has 7 heteroatoms. The molecular formula is C20H20F2N2O3. The van der Waals surface area contributed by atoms with Gasteiger partial charge in [0.15, 0.2) is 11.9 Å². The van der Waals surface area contributed by atoms with Crippen molar-refractivity contribution in [1.82, 2.24) is 9.55 Å². The Hall–Kier alpha value is -2.96. The summed E-state index contributed by atoms with van der Waals surface area (Å²) in [7, 11) is 0. The molecule has 0 bridgehead atoms. The number of halogens is 2. The first-order valence-corrected chi connectivity index (χ1v) is 8.68. The van der Waals surface area contributed by atoms with Crippen LogP contribution in [-0.4, -0.2) is 22.1 Å². The number of para-hydroxylation sites is 3. The van der Waals surface area contributed by atoms with Crippen molar-refractivity contribution in [1.29, 1.82) is 0 Å². The van der Waals surface area contributed by atoms with Crippen LogP contribution in [0.15, 0.2) is 54.6 Å². The van der Waals surface area contributed by atoms with E-state index in [1.807, 2.05) is 30.3 Å². The van der Waals surface area contributed by atoms with E-state index in [0.717, 1.165) is 10.3 Å². The van der Waals surface area contributed by atoms with Gasteiger partial charge in [0.25, 0.3) is 0 Å². The Morgan fingerprint density at radius 2 is 1.81 bits per heavy atom. The Morgan fingerprint density at radius 1 is 1.11 bits per heavy atom. The minimum atomic E-state index is -2.77. The lowest BCUT2D eigenvalue weighted by Crippen LogP contribution is -2.15. The normalized spacial score (nSPS) is 12.3. The van der Waals surface area contributed by atoms with Gasteiger partial charge in [0.05, 0.1) is 17.6 Å². The molecule has 5 nitrogen and oxygen atoms in total. The van der Waals surface area contributed by atoms with Crippen LogP contribution in [-0.2, 0) is 9.53 Å². The summed E-state index contributed by atoms with van der Waals surface area (Å²) in [6, 6.07) is 15.9. The monoisotopic (exact) mass is 374 g/mol. The molecule has 3 rings (SSSR count). The molecule has 2 aromatic carbocycles. The van der Waals surface area contributed by atoms with Crippen LogP contribution in [0.1, 0.15) is 38.2 Å². The maximum atomic E-state index is 13.5. The Balaban J connectivity index is 1.57. The summed E-state index contributed by atoms with van der Waals surface area (Å²) in [6.07, 6.45) is -0.286. The Morgan fingerprint density at radius 3 is 2.56 bits per heavy atom. The van der Waals surface area contributed by atoms with E-state index >= 15 is 0 Å². The lowest BCUT2D eigenvalue weighted by Gasteiger charge is -2.15. The van der Waals surface area contributed by atoms with Crippen molar-refractivity contribution in [3.63, 3.8) is 0 Å². The Labute approximate surface area is 155 Å². The fourth-order valence-electron chi connectivity index (χ4n) is 2.79. The van der Waals surface area contributed by atoms with Crippen molar-refractivity contribution in [2.75, 3.05) is 6.61 Å². The molecule has 0 radical (unpaired) electrons. The summed E-state index contributed by atoms with van der Waals surface area (Å²) in [5.41, 5.74) is 0.744. The maximum Gasteiger partial charge on any atom is 0.320 e. The molecule has 1 unspecified atom stereocenters. The molecule has 1 atom stereocenters. The number of imidazole rings is 1. The standard InChI is InChI=1S/C20H20F2N2O3/c1-14(19-23-16-10-5-6-11-17(16)24(19)20(21)22)27-18(25)12-7-13-26-15-8-3-2-4-9-15/h2-6,8-11,14,20H,7,12-13H2,1H3. The van der Waals surface area contributed by atoms with Crippen LogP contribution in [0, 0.1) is 0 Å². The molecule has 1 aromatic heterocycles. The van der Waals surface area contributed by atoms with E-state index in [-0.39, 0.29) is 12.2 Å². The second kappa shape index (κ2) is 8.62. The zero-order chi connectivity index (χ0) is 19.2. The summed E-state index contributed by atoms with van der Waals surface area (Å²) in [5.74, 6) is 0.275. The average molecular weight is 374 g/mol. The fraction of sp³-hybridized carbons (Fsp3) is 0.300. The second-order valence-corrected chi connectivity index (χ2v) is 6.00. The summed E-state index contributed by atoms with van der Waals surface area (Å²) < 4.78 is 38.5. The average Bonchev–Trinajstić information content (AvgIpc) is 3.06. The second-order valence-electron chi connectivity index (χ2n) is 6.00. The number of esters is 1. The van der Waals surface area contributed by atoms with Gasteiger partial charge in [-0.05, 0) is 37.6 Å². The number of hydrogen-bond donors (Lipinski definition) is 0.